The third-order valence-corrected chi connectivity index (χ3v) is 6.34. The first-order chi connectivity index (χ1) is 12.9. The van der Waals surface area contributed by atoms with Crippen LogP contribution in [0.2, 0.25) is 0 Å². The predicted octanol–water partition coefficient (Wildman–Crippen LogP) is 1.03. The molecule has 0 spiro atoms. The molecule has 0 aromatic heterocycles. The lowest BCUT2D eigenvalue weighted by molar-refractivity contribution is -0.149. The largest absolute Gasteiger partial charge is 0.497 e. The lowest BCUT2D eigenvalue weighted by Gasteiger charge is -2.30. The van der Waals surface area contributed by atoms with Crippen LogP contribution in [0.25, 0.3) is 0 Å². The number of carbonyl (C=O) groups excluding carboxylic acids is 2. The molecule has 1 fully saturated rings. The first-order valence-corrected chi connectivity index (χ1v) is 10.5. The van der Waals surface area contributed by atoms with Gasteiger partial charge in [-0.15, -0.1) is 0 Å². The van der Waals surface area contributed by atoms with E-state index in [2.05, 4.69) is 5.32 Å². The summed E-state index contributed by atoms with van der Waals surface area (Å²) in [5.74, 6) is -0.388. The number of benzene rings is 1. The molecule has 1 amide bonds. The molecule has 0 radical (unpaired) electrons. The molecule has 0 unspecified atom stereocenters. The number of rotatable bonds is 8. The fourth-order valence-corrected chi connectivity index (χ4v) is 4.28. The Labute approximate surface area is 159 Å². The number of esters is 1. The van der Waals surface area contributed by atoms with Gasteiger partial charge in [-0.05, 0) is 44.0 Å². The molecule has 150 valence electrons. The number of hydrogen-bond donors (Lipinski definition) is 1. The lowest BCUT2D eigenvalue weighted by atomic mass is 9.98. The molecular formula is C18H26N2O6S. The van der Waals surface area contributed by atoms with Crippen LogP contribution in [0.15, 0.2) is 24.3 Å². The minimum Gasteiger partial charge on any atom is -0.497 e. The van der Waals surface area contributed by atoms with Gasteiger partial charge in [0, 0.05) is 25.2 Å². The highest BCUT2D eigenvalue weighted by atomic mass is 32.2. The molecule has 0 bridgehead atoms. The Morgan fingerprint density at radius 1 is 1.19 bits per heavy atom. The van der Waals surface area contributed by atoms with Gasteiger partial charge in [-0.3, -0.25) is 9.59 Å². The van der Waals surface area contributed by atoms with E-state index in [1.165, 1.54) is 11.4 Å². The van der Waals surface area contributed by atoms with Crippen molar-refractivity contribution in [3.8, 4) is 5.75 Å². The van der Waals surface area contributed by atoms with E-state index in [0.717, 1.165) is 0 Å². The van der Waals surface area contributed by atoms with Crippen LogP contribution in [0.5, 0.6) is 5.75 Å². The summed E-state index contributed by atoms with van der Waals surface area (Å²) in [5, 5.41) is 2.62. The van der Waals surface area contributed by atoms with Crippen LogP contribution < -0.4 is 10.1 Å². The molecule has 8 nitrogen and oxygen atoms in total. The summed E-state index contributed by atoms with van der Waals surface area (Å²) in [7, 11) is -1.95. The van der Waals surface area contributed by atoms with Crippen molar-refractivity contribution in [1.82, 2.24) is 9.62 Å². The van der Waals surface area contributed by atoms with Gasteiger partial charge in [0.05, 0.1) is 25.4 Å². The minimum atomic E-state index is -3.49. The van der Waals surface area contributed by atoms with Crippen molar-refractivity contribution in [3.63, 3.8) is 0 Å². The summed E-state index contributed by atoms with van der Waals surface area (Å²) in [4.78, 5) is 23.8. The second-order valence-corrected chi connectivity index (χ2v) is 8.31. The highest BCUT2D eigenvalue weighted by Crippen LogP contribution is 2.21. The van der Waals surface area contributed by atoms with Crippen LogP contribution >= 0.6 is 0 Å². The molecule has 0 atom stereocenters. The molecule has 1 aliphatic heterocycles. The fraction of sp³-hybridized carbons (Fsp3) is 0.556. The van der Waals surface area contributed by atoms with Crippen LogP contribution in [-0.2, 0) is 19.6 Å². The number of nitrogens with zero attached hydrogens (tertiary/aromatic N) is 1. The van der Waals surface area contributed by atoms with Gasteiger partial charge in [-0.2, -0.15) is 0 Å². The van der Waals surface area contributed by atoms with E-state index < -0.39 is 10.0 Å². The molecule has 0 saturated carbocycles. The van der Waals surface area contributed by atoms with Gasteiger partial charge in [0.1, 0.15) is 5.75 Å². The van der Waals surface area contributed by atoms with Gasteiger partial charge in [0.15, 0.2) is 0 Å². The zero-order chi connectivity index (χ0) is 19.9. The Hall–Kier alpha value is -2.13. The molecule has 1 aliphatic rings. The van der Waals surface area contributed by atoms with Gasteiger partial charge in [-0.1, -0.05) is 0 Å². The molecule has 1 N–H and O–H groups in total. The summed E-state index contributed by atoms with van der Waals surface area (Å²) in [6.07, 6.45) is 0.909. The van der Waals surface area contributed by atoms with Crippen molar-refractivity contribution < 1.29 is 27.5 Å². The number of nitrogens with one attached hydrogen (secondary N) is 1. The quantitative estimate of drug-likeness (QED) is 0.656. The van der Waals surface area contributed by atoms with E-state index in [0.29, 0.717) is 30.8 Å². The van der Waals surface area contributed by atoms with E-state index in [4.69, 9.17) is 9.47 Å². The van der Waals surface area contributed by atoms with E-state index in [1.807, 2.05) is 0 Å². The Bertz CT molecular complexity index is 740. The molecule has 1 saturated heterocycles. The highest BCUT2D eigenvalue weighted by molar-refractivity contribution is 7.89. The maximum atomic E-state index is 12.4. The number of amides is 1. The second-order valence-electron chi connectivity index (χ2n) is 6.23. The van der Waals surface area contributed by atoms with Crippen LogP contribution in [0.4, 0.5) is 0 Å². The summed E-state index contributed by atoms with van der Waals surface area (Å²) in [6.45, 7) is 2.67. The van der Waals surface area contributed by atoms with Crippen molar-refractivity contribution in [2.24, 2.45) is 5.92 Å². The van der Waals surface area contributed by atoms with Gasteiger partial charge < -0.3 is 14.8 Å². The van der Waals surface area contributed by atoms with Gasteiger partial charge in [0.25, 0.3) is 5.91 Å². The lowest BCUT2D eigenvalue weighted by Crippen LogP contribution is -2.43. The molecule has 9 heteroatoms. The van der Waals surface area contributed by atoms with Crippen molar-refractivity contribution in [3.05, 3.63) is 29.8 Å². The Morgan fingerprint density at radius 3 is 2.37 bits per heavy atom. The Kier molecular flexibility index (Phi) is 7.61. The monoisotopic (exact) mass is 398 g/mol. The standard InChI is InChI=1S/C18H26N2O6S/c1-3-26-18(22)15-8-11-20(12-9-15)27(23,24)13-10-19-17(21)14-4-6-16(25-2)7-5-14/h4-7,15H,3,8-13H2,1-2H3,(H,19,21). The average Bonchev–Trinajstić information content (AvgIpc) is 2.68. The SMILES string of the molecule is CCOC(=O)C1CCN(S(=O)(=O)CCNC(=O)c2ccc(OC)cc2)CC1. The van der Waals surface area contributed by atoms with Gasteiger partial charge in [0.2, 0.25) is 10.0 Å². The van der Waals surface area contributed by atoms with Crippen LogP contribution in [0.1, 0.15) is 30.1 Å². The number of sulfonamides is 1. The molecule has 1 heterocycles. The Morgan fingerprint density at radius 2 is 1.81 bits per heavy atom. The zero-order valence-electron chi connectivity index (χ0n) is 15.6. The van der Waals surface area contributed by atoms with E-state index in [9.17, 15) is 18.0 Å². The normalized spacial score (nSPS) is 15.9. The molecule has 2 rings (SSSR count). The van der Waals surface area contributed by atoms with E-state index in [-0.39, 0.29) is 43.2 Å². The smallest absolute Gasteiger partial charge is 0.309 e. The molecule has 1 aromatic rings. The summed E-state index contributed by atoms with van der Waals surface area (Å²) in [6, 6.07) is 6.56. The van der Waals surface area contributed by atoms with Gasteiger partial charge in [-0.25, -0.2) is 12.7 Å². The molecule has 27 heavy (non-hydrogen) atoms. The summed E-state index contributed by atoms with van der Waals surface area (Å²) in [5.41, 5.74) is 0.434. The average molecular weight is 398 g/mol. The predicted molar refractivity (Wildman–Crippen MR) is 100 cm³/mol. The first kappa shape index (κ1) is 21.2. The highest BCUT2D eigenvalue weighted by Gasteiger charge is 2.31. The summed E-state index contributed by atoms with van der Waals surface area (Å²) < 4.78 is 36.3. The van der Waals surface area contributed by atoms with E-state index in [1.54, 1.807) is 31.2 Å². The van der Waals surface area contributed by atoms with Crippen LogP contribution in [0.3, 0.4) is 0 Å². The molecule has 0 aliphatic carbocycles. The van der Waals surface area contributed by atoms with Gasteiger partial charge >= 0.3 is 5.97 Å². The number of piperidine rings is 1. The maximum absolute atomic E-state index is 12.4. The third kappa shape index (κ3) is 5.93. The Balaban J connectivity index is 1.79. The maximum Gasteiger partial charge on any atom is 0.309 e. The van der Waals surface area contributed by atoms with Crippen molar-refractivity contribution in [2.45, 2.75) is 19.8 Å². The van der Waals surface area contributed by atoms with Crippen molar-refractivity contribution in [2.75, 3.05) is 39.1 Å². The fourth-order valence-electron chi connectivity index (χ4n) is 2.90. The minimum absolute atomic E-state index is 0.0189. The molecular weight excluding hydrogens is 372 g/mol. The number of methoxy groups -OCH3 is 1. The zero-order valence-corrected chi connectivity index (χ0v) is 16.5. The second kappa shape index (κ2) is 9.70. The topological polar surface area (TPSA) is 102 Å². The van der Waals surface area contributed by atoms with Crippen LogP contribution in [-0.4, -0.2) is 63.7 Å². The first-order valence-electron chi connectivity index (χ1n) is 8.94. The van der Waals surface area contributed by atoms with Crippen molar-refractivity contribution >= 4 is 21.9 Å². The van der Waals surface area contributed by atoms with E-state index >= 15 is 0 Å². The number of carbonyl (C=O) groups is 2. The molecule has 1 aromatic carbocycles. The number of hydrogen-bond acceptors (Lipinski definition) is 6. The van der Waals surface area contributed by atoms with Crippen molar-refractivity contribution in [1.29, 1.82) is 0 Å². The third-order valence-electron chi connectivity index (χ3n) is 4.47. The summed E-state index contributed by atoms with van der Waals surface area (Å²) >= 11 is 0. The van der Waals surface area contributed by atoms with Crippen LogP contribution in [0, 0.1) is 5.92 Å². The number of ether oxygens (including phenoxy) is 2.